The van der Waals surface area contributed by atoms with Gasteiger partial charge in [0.1, 0.15) is 0 Å². The van der Waals surface area contributed by atoms with Gasteiger partial charge in [-0.1, -0.05) is 15.9 Å². The molecule has 18 heavy (non-hydrogen) atoms. The zero-order chi connectivity index (χ0) is 13.1. The number of hydrogen-bond acceptors (Lipinski definition) is 4. The number of carbonyl (C=O) groups is 2. The minimum absolute atomic E-state index is 0.0819. The zero-order valence-electron chi connectivity index (χ0n) is 9.44. The van der Waals surface area contributed by atoms with Crippen molar-refractivity contribution in [3.63, 3.8) is 0 Å². The Morgan fingerprint density at radius 3 is 2.83 bits per heavy atom. The number of benzene rings is 1. The van der Waals surface area contributed by atoms with E-state index in [1.165, 1.54) is 0 Å². The van der Waals surface area contributed by atoms with Gasteiger partial charge in [-0.2, -0.15) is 0 Å². The maximum absolute atomic E-state index is 10.9. The van der Waals surface area contributed by atoms with Crippen molar-refractivity contribution >= 4 is 28.2 Å². The molecule has 0 saturated heterocycles. The summed E-state index contributed by atoms with van der Waals surface area (Å²) in [5, 5.41) is 8.62. The van der Waals surface area contributed by atoms with E-state index in [0.29, 0.717) is 36.2 Å². The molecule has 0 atom stereocenters. The van der Waals surface area contributed by atoms with Gasteiger partial charge in [-0.25, -0.2) is 0 Å². The van der Waals surface area contributed by atoms with E-state index in [0.717, 1.165) is 10.0 Å². The molecule has 5 nitrogen and oxygen atoms in total. The zero-order valence-corrected chi connectivity index (χ0v) is 11.0. The van der Waals surface area contributed by atoms with Crippen LogP contribution in [0.25, 0.3) is 0 Å². The molecule has 1 aliphatic heterocycles. The van der Waals surface area contributed by atoms with E-state index in [4.69, 9.17) is 14.6 Å². The number of fused-ring (bicyclic) bond motifs is 1. The van der Waals surface area contributed by atoms with Gasteiger partial charge < -0.3 is 14.6 Å². The molecule has 0 fully saturated rings. The van der Waals surface area contributed by atoms with Crippen LogP contribution in [-0.2, 0) is 11.2 Å². The molecular weight excluding hydrogens is 304 g/mol. The predicted molar refractivity (Wildman–Crippen MR) is 66.2 cm³/mol. The smallest absolute Gasteiger partial charge is 0.303 e. The molecule has 1 N–H and O–H groups in total. The summed E-state index contributed by atoms with van der Waals surface area (Å²) in [4.78, 5) is 21.4. The van der Waals surface area contributed by atoms with E-state index >= 15 is 0 Å². The SMILES string of the molecule is O=Cc1cc(Br)c(CCCC(=O)O)c2c1OCO2. The second-order valence-corrected chi connectivity index (χ2v) is 4.71. The van der Waals surface area contributed by atoms with Crippen LogP contribution in [0.4, 0.5) is 0 Å². The molecule has 0 saturated carbocycles. The third-order valence-corrected chi connectivity index (χ3v) is 3.37. The quantitative estimate of drug-likeness (QED) is 0.845. The lowest BCUT2D eigenvalue weighted by atomic mass is 10.0. The first-order chi connectivity index (χ1) is 8.63. The standard InChI is InChI=1S/C12H11BrO5/c13-9-4-7(5-14)11-12(18-6-17-11)8(9)2-1-3-10(15)16/h4-5H,1-3,6H2,(H,15,16). The van der Waals surface area contributed by atoms with Crippen molar-refractivity contribution in [2.24, 2.45) is 0 Å². The van der Waals surface area contributed by atoms with Gasteiger partial charge in [0.05, 0.1) is 5.56 Å². The molecule has 96 valence electrons. The maximum atomic E-state index is 10.9. The molecule has 1 aromatic rings. The topological polar surface area (TPSA) is 72.8 Å². The molecule has 1 heterocycles. The highest BCUT2D eigenvalue weighted by molar-refractivity contribution is 9.10. The minimum Gasteiger partial charge on any atom is -0.481 e. The Kier molecular flexibility index (Phi) is 3.86. The number of carboxylic acids is 1. The molecule has 0 amide bonds. The van der Waals surface area contributed by atoms with Crippen molar-refractivity contribution in [2.75, 3.05) is 6.79 Å². The fourth-order valence-corrected chi connectivity index (χ4v) is 2.48. The van der Waals surface area contributed by atoms with Crippen LogP contribution in [0, 0.1) is 0 Å². The van der Waals surface area contributed by atoms with Gasteiger partial charge in [-0.15, -0.1) is 0 Å². The summed E-state index contributed by atoms with van der Waals surface area (Å²) in [6.07, 6.45) is 1.86. The van der Waals surface area contributed by atoms with E-state index in [1.807, 2.05) is 0 Å². The predicted octanol–water partition coefficient (Wildman–Crippen LogP) is 2.40. The van der Waals surface area contributed by atoms with Crippen LogP contribution in [0.15, 0.2) is 10.5 Å². The number of halogens is 1. The van der Waals surface area contributed by atoms with Crippen molar-refractivity contribution in [3.05, 3.63) is 21.7 Å². The average Bonchev–Trinajstić information content (AvgIpc) is 2.80. The lowest BCUT2D eigenvalue weighted by molar-refractivity contribution is -0.137. The Hall–Kier alpha value is -1.56. The van der Waals surface area contributed by atoms with Gasteiger partial charge in [0.2, 0.25) is 6.79 Å². The monoisotopic (exact) mass is 314 g/mol. The highest BCUT2D eigenvalue weighted by Crippen LogP contribution is 2.42. The van der Waals surface area contributed by atoms with Crippen LogP contribution in [0.1, 0.15) is 28.8 Å². The first kappa shape index (κ1) is 12.9. The molecular formula is C12H11BrO5. The number of aliphatic carboxylic acids is 1. The summed E-state index contributed by atoms with van der Waals surface area (Å²) < 4.78 is 11.3. The molecule has 1 aromatic carbocycles. The van der Waals surface area contributed by atoms with E-state index in [9.17, 15) is 9.59 Å². The van der Waals surface area contributed by atoms with E-state index in [2.05, 4.69) is 15.9 Å². The third kappa shape index (κ3) is 2.48. The van der Waals surface area contributed by atoms with E-state index in [-0.39, 0.29) is 13.2 Å². The van der Waals surface area contributed by atoms with Crippen molar-refractivity contribution in [3.8, 4) is 11.5 Å². The summed E-state index contributed by atoms with van der Waals surface area (Å²) >= 11 is 3.37. The highest BCUT2D eigenvalue weighted by atomic mass is 79.9. The number of carbonyl (C=O) groups excluding carboxylic acids is 1. The molecule has 0 bridgehead atoms. The molecule has 0 radical (unpaired) electrons. The summed E-state index contributed by atoms with van der Waals surface area (Å²) in [5.41, 5.74) is 1.27. The minimum atomic E-state index is -0.829. The lowest BCUT2D eigenvalue weighted by Gasteiger charge is -2.09. The largest absolute Gasteiger partial charge is 0.481 e. The van der Waals surface area contributed by atoms with Crippen molar-refractivity contribution in [1.29, 1.82) is 0 Å². The van der Waals surface area contributed by atoms with Crippen LogP contribution in [0.5, 0.6) is 11.5 Å². The fourth-order valence-electron chi connectivity index (χ4n) is 1.85. The molecule has 0 aliphatic carbocycles. The Morgan fingerprint density at radius 2 is 2.17 bits per heavy atom. The number of aldehydes is 1. The van der Waals surface area contributed by atoms with E-state index < -0.39 is 5.97 Å². The Bertz CT molecular complexity index is 498. The van der Waals surface area contributed by atoms with E-state index in [1.54, 1.807) is 6.07 Å². The van der Waals surface area contributed by atoms with Crippen LogP contribution in [-0.4, -0.2) is 24.2 Å². The van der Waals surface area contributed by atoms with Gasteiger partial charge in [-0.3, -0.25) is 9.59 Å². The normalized spacial score (nSPS) is 12.5. The summed E-state index contributed by atoms with van der Waals surface area (Å²) in [7, 11) is 0. The first-order valence-corrected chi connectivity index (χ1v) is 6.20. The second kappa shape index (κ2) is 5.39. The molecule has 0 unspecified atom stereocenters. The number of hydrogen-bond donors (Lipinski definition) is 1. The fraction of sp³-hybridized carbons (Fsp3) is 0.333. The lowest BCUT2D eigenvalue weighted by Crippen LogP contribution is -1.98. The van der Waals surface area contributed by atoms with Gasteiger partial charge >= 0.3 is 5.97 Å². The molecule has 0 aromatic heterocycles. The summed E-state index contributed by atoms with van der Waals surface area (Å²) in [5.74, 6) is 0.153. The van der Waals surface area contributed by atoms with Gasteiger partial charge in [-0.05, 0) is 18.9 Å². The molecule has 1 aliphatic rings. The Labute approximate surface area is 112 Å². The van der Waals surface area contributed by atoms with Crippen LogP contribution in [0.3, 0.4) is 0 Å². The molecule has 2 rings (SSSR count). The summed E-state index contributed by atoms with van der Waals surface area (Å²) in [6, 6.07) is 1.66. The molecule has 6 heteroatoms. The van der Waals surface area contributed by atoms with Crippen LogP contribution in [0.2, 0.25) is 0 Å². The van der Waals surface area contributed by atoms with Gasteiger partial charge in [0.25, 0.3) is 0 Å². The van der Waals surface area contributed by atoms with Crippen molar-refractivity contribution in [1.82, 2.24) is 0 Å². The van der Waals surface area contributed by atoms with Gasteiger partial charge in [0.15, 0.2) is 17.8 Å². The third-order valence-electron chi connectivity index (χ3n) is 2.66. The highest BCUT2D eigenvalue weighted by Gasteiger charge is 2.24. The van der Waals surface area contributed by atoms with Crippen molar-refractivity contribution < 1.29 is 24.2 Å². The van der Waals surface area contributed by atoms with Crippen LogP contribution < -0.4 is 9.47 Å². The first-order valence-electron chi connectivity index (χ1n) is 5.41. The van der Waals surface area contributed by atoms with Crippen LogP contribution >= 0.6 is 15.9 Å². The molecule has 0 spiro atoms. The Balaban J connectivity index is 2.27. The number of rotatable bonds is 5. The second-order valence-electron chi connectivity index (χ2n) is 3.86. The number of ether oxygens (including phenoxy) is 2. The number of carboxylic acid groups (broad SMARTS) is 1. The Morgan fingerprint density at radius 1 is 1.44 bits per heavy atom. The maximum Gasteiger partial charge on any atom is 0.303 e. The van der Waals surface area contributed by atoms with Gasteiger partial charge in [0, 0.05) is 16.5 Å². The summed E-state index contributed by atoms with van der Waals surface area (Å²) in [6.45, 7) is 0.0819. The average molecular weight is 315 g/mol. The van der Waals surface area contributed by atoms with Crippen molar-refractivity contribution in [2.45, 2.75) is 19.3 Å².